The summed E-state index contributed by atoms with van der Waals surface area (Å²) in [5.74, 6) is 1.77. The molecule has 0 radical (unpaired) electrons. The number of piperidine rings is 1. The molecule has 2 fully saturated rings. The number of nitrogens with one attached hydrogen (secondary N) is 2. The van der Waals surface area contributed by atoms with Crippen molar-refractivity contribution >= 4 is 5.96 Å². The number of hydrogen-bond donors (Lipinski definition) is 2. The van der Waals surface area contributed by atoms with Crippen LogP contribution in [0.1, 0.15) is 39.0 Å². The van der Waals surface area contributed by atoms with Gasteiger partial charge < -0.3 is 20.3 Å². The molecule has 0 spiro atoms. The van der Waals surface area contributed by atoms with Gasteiger partial charge in [-0.05, 0) is 51.1 Å². The lowest BCUT2D eigenvalue weighted by molar-refractivity contribution is 0.114. The molecule has 0 aliphatic carbocycles. The van der Waals surface area contributed by atoms with Crippen LogP contribution in [0.5, 0.6) is 0 Å². The standard InChI is InChI=1S/C16H32N4O/c1-14-6-3-9-20(13-14)10-5-8-18-16(17-2)19-12-15-7-4-11-21-15/h14-15H,3-13H2,1-2H3,(H2,17,18,19). The van der Waals surface area contributed by atoms with Crippen LogP contribution in [0.3, 0.4) is 0 Å². The van der Waals surface area contributed by atoms with E-state index >= 15 is 0 Å². The lowest BCUT2D eigenvalue weighted by Gasteiger charge is -2.30. The summed E-state index contributed by atoms with van der Waals surface area (Å²) >= 11 is 0. The van der Waals surface area contributed by atoms with E-state index in [2.05, 4.69) is 27.4 Å². The van der Waals surface area contributed by atoms with Crippen LogP contribution in [0.4, 0.5) is 0 Å². The summed E-state index contributed by atoms with van der Waals surface area (Å²) in [6, 6.07) is 0. The van der Waals surface area contributed by atoms with Crippen molar-refractivity contribution in [2.45, 2.75) is 45.1 Å². The molecule has 0 aromatic carbocycles. The van der Waals surface area contributed by atoms with Gasteiger partial charge in [0.25, 0.3) is 0 Å². The van der Waals surface area contributed by atoms with Crippen molar-refractivity contribution in [3.05, 3.63) is 0 Å². The molecule has 2 atom stereocenters. The van der Waals surface area contributed by atoms with Crippen molar-refractivity contribution in [2.24, 2.45) is 10.9 Å². The van der Waals surface area contributed by atoms with Crippen LogP contribution in [0.25, 0.3) is 0 Å². The Labute approximate surface area is 129 Å². The summed E-state index contributed by atoms with van der Waals surface area (Å²) in [7, 11) is 1.83. The predicted octanol–water partition coefficient (Wildman–Crippen LogP) is 1.45. The summed E-state index contributed by atoms with van der Waals surface area (Å²) in [5, 5.41) is 6.76. The molecule has 2 heterocycles. The fourth-order valence-corrected chi connectivity index (χ4v) is 3.24. The summed E-state index contributed by atoms with van der Waals surface area (Å²) < 4.78 is 5.61. The quantitative estimate of drug-likeness (QED) is 0.442. The van der Waals surface area contributed by atoms with E-state index < -0.39 is 0 Å². The topological polar surface area (TPSA) is 48.9 Å². The van der Waals surface area contributed by atoms with Gasteiger partial charge in [0, 0.05) is 33.3 Å². The summed E-state index contributed by atoms with van der Waals surface area (Å²) in [6.45, 7) is 8.86. The van der Waals surface area contributed by atoms with Crippen LogP contribution in [-0.4, -0.2) is 63.3 Å². The Hall–Kier alpha value is -0.810. The molecule has 0 amide bonds. The molecule has 0 bridgehead atoms. The minimum Gasteiger partial charge on any atom is -0.376 e. The Morgan fingerprint density at radius 2 is 2.19 bits per heavy atom. The number of rotatable bonds is 6. The second-order valence-electron chi connectivity index (χ2n) is 6.42. The van der Waals surface area contributed by atoms with Gasteiger partial charge in [-0.1, -0.05) is 6.92 Å². The molecule has 2 rings (SSSR count). The van der Waals surface area contributed by atoms with Gasteiger partial charge in [-0.3, -0.25) is 4.99 Å². The Morgan fingerprint density at radius 1 is 1.29 bits per heavy atom. The van der Waals surface area contributed by atoms with Crippen molar-refractivity contribution < 1.29 is 4.74 Å². The molecule has 2 unspecified atom stereocenters. The number of likely N-dealkylation sites (tertiary alicyclic amines) is 1. The number of ether oxygens (including phenoxy) is 1. The third-order valence-electron chi connectivity index (χ3n) is 4.43. The van der Waals surface area contributed by atoms with E-state index in [1.807, 2.05) is 7.05 Å². The van der Waals surface area contributed by atoms with Crippen molar-refractivity contribution in [1.82, 2.24) is 15.5 Å². The molecule has 2 aliphatic rings. The molecule has 5 heteroatoms. The van der Waals surface area contributed by atoms with E-state index in [0.717, 1.165) is 38.0 Å². The monoisotopic (exact) mass is 296 g/mol. The molecule has 122 valence electrons. The van der Waals surface area contributed by atoms with Crippen LogP contribution in [0.15, 0.2) is 4.99 Å². The van der Waals surface area contributed by atoms with Crippen LogP contribution in [0.2, 0.25) is 0 Å². The molecule has 0 saturated carbocycles. The maximum atomic E-state index is 5.61. The lowest BCUT2D eigenvalue weighted by Crippen LogP contribution is -2.42. The van der Waals surface area contributed by atoms with Gasteiger partial charge in [-0.15, -0.1) is 0 Å². The first kappa shape index (κ1) is 16.6. The summed E-state index contributed by atoms with van der Waals surface area (Å²) in [6.07, 6.45) is 6.64. The average Bonchev–Trinajstić information content (AvgIpc) is 3.00. The van der Waals surface area contributed by atoms with Gasteiger partial charge in [0.2, 0.25) is 0 Å². The highest BCUT2D eigenvalue weighted by atomic mass is 16.5. The molecular formula is C16H32N4O. The van der Waals surface area contributed by atoms with E-state index in [0.29, 0.717) is 6.10 Å². The molecule has 21 heavy (non-hydrogen) atoms. The Bertz CT molecular complexity index is 315. The van der Waals surface area contributed by atoms with Gasteiger partial charge in [0.15, 0.2) is 5.96 Å². The molecule has 0 aromatic heterocycles. The Morgan fingerprint density at radius 3 is 2.90 bits per heavy atom. The van der Waals surface area contributed by atoms with Crippen LogP contribution in [0, 0.1) is 5.92 Å². The van der Waals surface area contributed by atoms with Crippen LogP contribution >= 0.6 is 0 Å². The normalized spacial score (nSPS) is 27.8. The van der Waals surface area contributed by atoms with Gasteiger partial charge in [-0.25, -0.2) is 0 Å². The van der Waals surface area contributed by atoms with Crippen molar-refractivity contribution in [3.8, 4) is 0 Å². The number of guanidine groups is 1. The third-order valence-corrected chi connectivity index (χ3v) is 4.43. The lowest BCUT2D eigenvalue weighted by atomic mass is 10.0. The van der Waals surface area contributed by atoms with Crippen molar-refractivity contribution in [1.29, 1.82) is 0 Å². The SMILES string of the molecule is CN=C(NCCCN1CCCC(C)C1)NCC1CCCO1. The minimum absolute atomic E-state index is 0.360. The smallest absolute Gasteiger partial charge is 0.191 e. The van der Waals surface area contributed by atoms with E-state index in [4.69, 9.17) is 4.74 Å². The second-order valence-corrected chi connectivity index (χ2v) is 6.42. The van der Waals surface area contributed by atoms with E-state index in [1.165, 1.54) is 45.3 Å². The zero-order chi connectivity index (χ0) is 14.9. The third kappa shape index (κ3) is 6.22. The molecule has 2 N–H and O–H groups in total. The number of hydrogen-bond acceptors (Lipinski definition) is 3. The van der Waals surface area contributed by atoms with E-state index in [1.54, 1.807) is 0 Å². The molecule has 2 saturated heterocycles. The van der Waals surface area contributed by atoms with Gasteiger partial charge in [-0.2, -0.15) is 0 Å². The first-order chi connectivity index (χ1) is 10.3. The predicted molar refractivity (Wildman–Crippen MR) is 87.8 cm³/mol. The number of nitrogens with zero attached hydrogens (tertiary/aromatic N) is 2. The van der Waals surface area contributed by atoms with E-state index in [-0.39, 0.29) is 0 Å². The van der Waals surface area contributed by atoms with Crippen LogP contribution in [-0.2, 0) is 4.74 Å². The maximum Gasteiger partial charge on any atom is 0.191 e. The minimum atomic E-state index is 0.360. The molecule has 0 aromatic rings. The van der Waals surface area contributed by atoms with Crippen LogP contribution < -0.4 is 10.6 Å². The fraction of sp³-hybridized carbons (Fsp3) is 0.938. The Kier molecular flexibility index (Phi) is 7.30. The zero-order valence-corrected chi connectivity index (χ0v) is 13.7. The maximum absolute atomic E-state index is 5.61. The van der Waals surface area contributed by atoms with Gasteiger partial charge in [0.05, 0.1) is 6.10 Å². The highest BCUT2D eigenvalue weighted by molar-refractivity contribution is 5.79. The van der Waals surface area contributed by atoms with Gasteiger partial charge >= 0.3 is 0 Å². The Balaban J connectivity index is 1.53. The molecular weight excluding hydrogens is 264 g/mol. The summed E-state index contributed by atoms with van der Waals surface area (Å²) in [4.78, 5) is 6.87. The highest BCUT2D eigenvalue weighted by Crippen LogP contribution is 2.15. The molecule has 2 aliphatic heterocycles. The highest BCUT2D eigenvalue weighted by Gasteiger charge is 2.16. The van der Waals surface area contributed by atoms with Gasteiger partial charge in [0.1, 0.15) is 0 Å². The first-order valence-corrected chi connectivity index (χ1v) is 8.56. The first-order valence-electron chi connectivity index (χ1n) is 8.56. The average molecular weight is 296 g/mol. The second kappa shape index (κ2) is 9.26. The zero-order valence-electron chi connectivity index (χ0n) is 13.7. The summed E-state index contributed by atoms with van der Waals surface area (Å²) in [5.41, 5.74) is 0. The van der Waals surface area contributed by atoms with Crippen molar-refractivity contribution in [3.63, 3.8) is 0 Å². The van der Waals surface area contributed by atoms with Crippen molar-refractivity contribution in [2.75, 3.05) is 46.4 Å². The largest absolute Gasteiger partial charge is 0.376 e. The fourth-order valence-electron chi connectivity index (χ4n) is 3.24. The molecule has 5 nitrogen and oxygen atoms in total. The van der Waals surface area contributed by atoms with E-state index in [9.17, 15) is 0 Å². The number of aliphatic imine (C=N–C) groups is 1.